The smallest absolute Gasteiger partial charge is 0.257 e. The summed E-state index contributed by atoms with van der Waals surface area (Å²) in [5.41, 5.74) is 2.13. The minimum Gasteiger partial charge on any atom is -0.393 e. The normalized spacial score (nSPS) is 20.5. The molecule has 1 amide bonds. The molecule has 1 aromatic heterocycles. The van der Waals surface area contributed by atoms with Gasteiger partial charge in [-0.15, -0.1) is 0 Å². The highest BCUT2D eigenvalue weighted by molar-refractivity contribution is 5.95. The van der Waals surface area contributed by atoms with Gasteiger partial charge in [0, 0.05) is 31.1 Å². The molecule has 3 rings (SSSR count). The van der Waals surface area contributed by atoms with Gasteiger partial charge < -0.3 is 10.0 Å². The first-order chi connectivity index (χ1) is 12.8. The minimum atomic E-state index is -0.303. The van der Waals surface area contributed by atoms with Gasteiger partial charge in [0.25, 0.3) is 5.91 Å². The maximum Gasteiger partial charge on any atom is 0.257 e. The van der Waals surface area contributed by atoms with Gasteiger partial charge in [0.2, 0.25) is 0 Å². The number of aromatic nitrogens is 2. The molecule has 2 aromatic rings. The van der Waals surface area contributed by atoms with E-state index in [4.69, 9.17) is 5.10 Å². The molecular formula is C22H31N3O2. The topological polar surface area (TPSA) is 58.4 Å². The number of rotatable bonds is 4. The summed E-state index contributed by atoms with van der Waals surface area (Å²) < 4.78 is 1.79. The van der Waals surface area contributed by atoms with E-state index in [1.165, 1.54) is 0 Å². The van der Waals surface area contributed by atoms with E-state index >= 15 is 0 Å². The second-order valence-corrected chi connectivity index (χ2v) is 8.72. The standard InChI is InChI=1S/C22H31N3O2/c1-22(2,3)20-18(15-25(23-20)17-11-6-5-7-12-17)21(27)24(4)14-16-10-8-9-13-19(16)26/h5-7,11-12,15-16,19,26H,8-10,13-14H2,1-4H3/t16-,19+/m0/s1. The van der Waals surface area contributed by atoms with Crippen LogP contribution < -0.4 is 0 Å². The lowest BCUT2D eigenvalue weighted by Crippen LogP contribution is -2.38. The third-order valence-corrected chi connectivity index (χ3v) is 5.40. The molecule has 1 aliphatic carbocycles. The van der Waals surface area contributed by atoms with Crippen molar-refractivity contribution >= 4 is 5.91 Å². The van der Waals surface area contributed by atoms with Crippen LogP contribution in [0.15, 0.2) is 36.5 Å². The summed E-state index contributed by atoms with van der Waals surface area (Å²) in [6, 6.07) is 9.86. The maximum absolute atomic E-state index is 13.2. The van der Waals surface area contributed by atoms with Crippen LogP contribution in [0.5, 0.6) is 0 Å². The SMILES string of the molecule is CN(C[C@@H]1CCCC[C@H]1O)C(=O)c1cn(-c2ccccc2)nc1C(C)(C)C. The van der Waals surface area contributed by atoms with E-state index in [1.54, 1.807) is 9.58 Å². The van der Waals surface area contributed by atoms with Gasteiger partial charge in [0.05, 0.1) is 23.0 Å². The summed E-state index contributed by atoms with van der Waals surface area (Å²) in [6.45, 7) is 6.81. The molecule has 5 nitrogen and oxygen atoms in total. The van der Waals surface area contributed by atoms with E-state index in [9.17, 15) is 9.90 Å². The molecule has 1 saturated carbocycles. The van der Waals surface area contributed by atoms with Gasteiger partial charge >= 0.3 is 0 Å². The Morgan fingerprint density at radius 2 is 1.89 bits per heavy atom. The number of amides is 1. The third kappa shape index (κ3) is 4.41. The first kappa shape index (κ1) is 19.6. The first-order valence-corrected chi connectivity index (χ1v) is 9.86. The van der Waals surface area contributed by atoms with Crippen molar-refractivity contribution in [2.45, 2.75) is 58.0 Å². The lowest BCUT2D eigenvalue weighted by molar-refractivity contribution is 0.0450. The molecule has 0 bridgehead atoms. The van der Waals surface area contributed by atoms with E-state index in [2.05, 4.69) is 20.8 Å². The summed E-state index contributed by atoms with van der Waals surface area (Å²) in [7, 11) is 1.83. The highest BCUT2D eigenvalue weighted by atomic mass is 16.3. The highest BCUT2D eigenvalue weighted by Gasteiger charge is 2.30. The highest BCUT2D eigenvalue weighted by Crippen LogP contribution is 2.28. The van der Waals surface area contributed by atoms with Crippen LogP contribution >= 0.6 is 0 Å². The number of para-hydroxylation sites is 1. The Kier molecular flexibility index (Phi) is 5.70. The van der Waals surface area contributed by atoms with Crippen molar-refractivity contribution < 1.29 is 9.90 Å². The lowest BCUT2D eigenvalue weighted by Gasteiger charge is -2.31. The molecule has 1 N–H and O–H groups in total. The lowest BCUT2D eigenvalue weighted by atomic mass is 9.86. The van der Waals surface area contributed by atoms with Gasteiger partial charge in [-0.2, -0.15) is 5.10 Å². The predicted octanol–water partition coefficient (Wildman–Crippen LogP) is 3.79. The molecule has 2 atom stereocenters. The van der Waals surface area contributed by atoms with Crippen molar-refractivity contribution in [1.29, 1.82) is 0 Å². The van der Waals surface area contributed by atoms with Gasteiger partial charge in [0.15, 0.2) is 0 Å². The number of benzene rings is 1. The fourth-order valence-corrected chi connectivity index (χ4v) is 3.84. The van der Waals surface area contributed by atoms with Crippen LogP contribution in [0.25, 0.3) is 5.69 Å². The second-order valence-electron chi connectivity index (χ2n) is 8.72. The van der Waals surface area contributed by atoms with E-state index in [1.807, 2.05) is 43.6 Å². The Labute approximate surface area is 162 Å². The summed E-state index contributed by atoms with van der Waals surface area (Å²) in [5, 5.41) is 15.0. The van der Waals surface area contributed by atoms with Crippen molar-refractivity contribution in [2.24, 2.45) is 5.92 Å². The van der Waals surface area contributed by atoms with Gasteiger partial charge in [-0.05, 0) is 25.0 Å². The van der Waals surface area contributed by atoms with Crippen LogP contribution in [0.3, 0.4) is 0 Å². The first-order valence-electron chi connectivity index (χ1n) is 9.86. The average molecular weight is 370 g/mol. The Hall–Kier alpha value is -2.14. The number of hydrogen-bond donors (Lipinski definition) is 1. The van der Waals surface area contributed by atoms with Gasteiger partial charge in [-0.1, -0.05) is 51.8 Å². The van der Waals surface area contributed by atoms with Crippen LogP contribution in [0.1, 0.15) is 62.5 Å². The molecule has 1 fully saturated rings. The van der Waals surface area contributed by atoms with Gasteiger partial charge in [-0.25, -0.2) is 4.68 Å². The van der Waals surface area contributed by atoms with Crippen molar-refractivity contribution in [1.82, 2.24) is 14.7 Å². The molecule has 27 heavy (non-hydrogen) atoms. The van der Waals surface area contributed by atoms with E-state index < -0.39 is 0 Å². The van der Waals surface area contributed by atoms with Crippen LogP contribution in [0.2, 0.25) is 0 Å². The zero-order valence-corrected chi connectivity index (χ0v) is 16.9. The minimum absolute atomic E-state index is 0.0279. The molecule has 0 radical (unpaired) electrons. The van der Waals surface area contributed by atoms with Gasteiger partial charge in [0.1, 0.15) is 0 Å². The number of aliphatic hydroxyl groups excluding tert-OH is 1. The van der Waals surface area contributed by atoms with E-state index in [0.717, 1.165) is 37.1 Å². The van der Waals surface area contributed by atoms with E-state index in [-0.39, 0.29) is 23.3 Å². The Morgan fingerprint density at radius 3 is 2.52 bits per heavy atom. The van der Waals surface area contributed by atoms with Crippen LogP contribution in [-0.4, -0.2) is 45.4 Å². The number of carbonyl (C=O) groups is 1. The number of aliphatic hydroxyl groups is 1. The summed E-state index contributed by atoms with van der Waals surface area (Å²) in [4.78, 5) is 15.0. The molecule has 0 saturated heterocycles. The fraction of sp³-hybridized carbons (Fsp3) is 0.545. The molecule has 1 heterocycles. The summed E-state index contributed by atoms with van der Waals surface area (Å²) in [6.07, 6.45) is 5.56. The molecule has 0 spiro atoms. The predicted molar refractivity (Wildman–Crippen MR) is 107 cm³/mol. The van der Waals surface area contributed by atoms with Crippen LogP contribution in [0.4, 0.5) is 0 Å². The maximum atomic E-state index is 13.2. The number of hydrogen-bond acceptors (Lipinski definition) is 3. The van der Waals surface area contributed by atoms with Gasteiger partial charge in [-0.3, -0.25) is 4.79 Å². The second kappa shape index (κ2) is 7.85. The largest absolute Gasteiger partial charge is 0.393 e. The van der Waals surface area contributed by atoms with E-state index in [0.29, 0.717) is 12.1 Å². The van der Waals surface area contributed by atoms with Crippen molar-refractivity contribution in [3.05, 3.63) is 47.8 Å². The summed E-state index contributed by atoms with van der Waals surface area (Å²) >= 11 is 0. The van der Waals surface area contributed by atoms with Crippen molar-refractivity contribution in [3.8, 4) is 5.69 Å². The molecule has 5 heteroatoms. The van der Waals surface area contributed by atoms with Crippen LogP contribution in [0, 0.1) is 5.92 Å². The Bertz CT molecular complexity index is 777. The monoisotopic (exact) mass is 369 g/mol. The van der Waals surface area contributed by atoms with Crippen LogP contribution in [-0.2, 0) is 5.41 Å². The molecule has 1 aromatic carbocycles. The number of carbonyl (C=O) groups excluding carboxylic acids is 1. The molecule has 1 aliphatic rings. The number of nitrogens with zero attached hydrogens (tertiary/aromatic N) is 3. The quantitative estimate of drug-likeness (QED) is 0.892. The van der Waals surface area contributed by atoms with Crippen molar-refractivity contribution in [2.75, 3.05) is 13.6 Å². The Morgan fingerprint density at radius 1 is 1.22 bits per heavy atom. The zero-order chi connectivity index (χ0) is 19.6. The average Bonchev–Trinajstić information content (AvgIpc) is 3.09. The molecular weight excluding hydrogens is 338 g/mol. The molecule has 0 aliphatic heterocycles. The van der Waals surface area contributed by atoms with Crippen molar-refractivity contribution in [3.63, 3.8) is 0 Å². The third-order valence-electron chi connectivity index (χ3n) is 5.40. The zero-order valence-electron chi connectivity index (χ0n) is 16.9. The Balaban J connectivity index is 1.87. The fourth-order valence-electron chi connectivity index (χ4n) is 3.84. The summed E-state index contributed by atoms with van der Waals surface area (Å²) in [5.74, 6) is 0.134. The molecule has 146 valence electrons. The molecule has 0 unspecified atom stereocenters.